The molecule has 0 rings (SSSR count). The van der Waals surface area contributed by atoms with Gasteiger partial charge in [-0.25, -0.2) is 0 Å². The van der Waals surface area contributed by atoms with Crippen LogP contribution in [0.1, 0.15) is 65.2 Å². The number of rotatable bonds is 13. The van der Waals surface area contributed by atoms with E-state index in [0.29, 0.717) is 5.92 Å². The SMILES string of the molecule is CCCCCCCC[C@H](CC)C(Cl)NC(Cl)NC(N)Cl. The standard InChI is InChI=1S/C14H30Cl3N3/c1-3-5-6-7-8-9-10-11(4-2)12(15)19-14(17)20-13(16)18/h11-14,19-20H,3-10,18H2,1-2H3/t11-,12?,13?,14?/m0/s1. The zero-order chi connectivity index (χ0) is 15.4. The second kappa shape index (κ2) is 13.4. The van der Waals surface area contributed by atoms with Crippen LogP contribution in [0.4, 0.5) is 0 Å². The maximum Gasteiger partial charge on any atom is 0.138 e. The summed E-state index contributed by atoms with van der Waals surface area (Å²) in [6, 6.07) is 0. The fourth-order valence-electron chi connectivity index (χ4n) is 2.21. The maximum atomic E-state index is 6.37. The highest BCUT2D eigenvalue weighted by Gasteiger charge is 2.20. The van der Waals surface area contributed by atoms with E-state index in [4.69, 9.17) is 40.5 Å². The molecule has 6 heteroatoms. The third-order valence-electron chi connectivity index (χ3n) is 3.48. The van der Waals surface area contributed by atoms with Crippen molar-refractivity contribution in [2.45, 2.75) is 82.0 Å². The van der Waals surface area contributed by atoms with Crippen molar-refractivity contribution in [1.29, 1.82) is 0 Å². The third kappa shape index (κ3) is 11.4. The summed E-state index contributed by atoms with van der Waals surface area (Å²) in [6.07, 6.45) is 9.97. The van der Waals surface area contributed by atoms with E-state index in [1.54, 1.807) is 0 Å². The molecule has 0 bridgehead atoms. The van der Waals surface area contributed by atoms with Crippen LogP contribution in [-0.4, -0.2) is 16.8 Å². The van der Waals surface area contributed by atoms with E-state index < -0.39 is 11.2 Å². The monoisotopic (exact) mass is 345 g/mol. The van der Waals surface area contributed by atoms with Crippen molar-refractivity contribution in [2.24, 2.45) is 11.7 Å². The lowest BCUT2D eigenvalue weighted by Crippen LogP contribution is -2.49. The Balaban J connectivity index is 3.81. The largest absolute Gasteiger partial charge is 0.303 e. The molecule has 0 saturated carbocycles. The molecule has 0 amide bonds. The molecule has 3 nitrogen and oxygen atoms in total. The second-order valence-electron chi connectivity index (χ2n) is 5.22. The van der Waals surface area contributed by atoms with Crippen molar-refractivity contribution < 1.29 is 0 Å². The summed E-state index contributed by atoms with van der Waals surface area (Å²) in [5.41, 5.74) is 4.05. The number of alkyl halides is 3. The molecule has 0 aromatic carbocycles. The van der Waals surface area contributed by atoms with E-state index in [2.05, 4.69) is 24.5 Å². The van der Waals surface area contributed by atoms with Gasteiger partial charge in [-0.2, -0.15) is 0 Å². The average Bonchev–Trinajstić information content (AvgIpc) is 2.36. The van der Waals surface area contributed by atoms with Crippen LogP contribution >= 0.6 is 34.8 Å². The summed E-state index contributed by atoms with van der Waals surface area (Å²) in [4.78, 5) is 0. The summed E-state index contributed by atoms with van der Waals surface area (Å²) in [5, 5.41) is 5.83. The van der Waals surface area contributed by atoms with Gasteiger partial charge >= 0.3 is 0 Å². The molecule has 0 aromatic heterocycles. The van der Waals surface area contributed by atoms with Crippen LogP contribution in [0.25, 0.3) is 0 Å². The predicted octanol–water partition coefficient (Wildman–Crippen LogP) is 4.51. The highest BCUT2D eigenvalue weighted by atomic mass is 35.5. The minimum atomic E-state index is -0.674. The Hall–Kier alpha value is 0.750. The molecule has 0 aliphatic carbocycles. The van der Waals surface area contributed by atoms with Crippen LogP contribution in [0.3, 0.4) is 0 Å². The van der Waals surface area contributed by atoms with Gasteiger partial charge in [0.25, 0.3) is 0 Å². The zero-order valence-corrected chi connectivity index (χ0v) is 14.9. The van der Waals surface area contributed by atoms with Gasteiger partial charge in [0.1, 0.15) is 11.2 Å². The maximum absolute atomic E-state index is 6.37. The van der Waals surface area contributed by atoms with E-state index in [0.717, 1.165) is 12.8 Å². The number of nitrogens with two attached hydrogens (primary N) is 1. The fourth-order valence-corrected chi connectivity index (χ4v) is 3.16. The summed E-state index contributed by atoms with van der Waals surface area (Å²) in [6.45, 7) is 4.39. The molecule has 122 valence electrons. The van der Waals surface area contributed by atoms with Crippen molar-refractivity contribution in [3.63, 3.8) is 0 Å². The Labute approximate surface area is 139 Å². The van der Waals surface area contributed by atoms with Gasteiger partial charge in [-0.3, -0.25) is 10.6 Å². The summed E-state index contributed by atoms with van der Waals surface area (Å²) < 4.78 is 0. The molecule has 0 aliphatic heterocycles. The first-order valence-corrected chi connectivity index (χ1v) is 9.02. The van der Waals surface area contributed by atoms with Crippen LogP contribution in [0.2, 0.25) is 0 Å². The number of nitrogens with one attached hydrogen (secondary N) is 2. The first kappa shape index (κ1) is 20.8. The van der Waals surface area contributed by atoms with Gasteiger partial charge in [0.15, 0.2) is 0 Å². The third-order valence-corrected chi connectivity index (χ3v) is 4.34. The number of halogens is 3. The zero-order valence-electron chi connectivity index (χ0n) is 12.7. The molecular weight excluding hydrogens is 317 g/mol. The molecule has 0 fully saturated rings. The van der Waals surface area contributed by atoms with E-state index >= 15 is 0 Å². The quantitative estimate of drug-likeness (QED) is 0.199. The van der Waals surface area contributed by atoms with E-state index in [-0.39, 0.29) is 5.50 Å². The lowest BCUT2D eigenvalue weighted by molar-refractivity contribution is 0.361. The molecular formula is C14H30Cl3N3. The first-order chi connectivity index (χ1) is 9.51. The van der Waals surface area contributed by atoms with E-state index in [1.807, 2.05) is 0 Å². The molecule has 0 saturated heterocycles. The Morgan fingerprint density at radius 2 is 1.50 bits per heavy atom. The topological polar surface area (TPSA) is 50.1 Å². The van der Waals surface area contributed by atoms with Crippen molar-refractivity contribution >= 4 is 34.8 Å². The number of hydrogen-bond acceptors (Lipinski definition) is 3. The number of hydrogen-bond donors (Lipinski definition) is 3. The summed E-state index contributed by atoms with van der Waals surface area (Å²) in [5.74, 6) is 0.414. The van der Waals surface area contributed by atoms with Gasteiger partial charge < -0.3 is 5.73 Å². The lowest BCUT2D eigenvalue weighted by Gasteiger charge is -2.25. The van der Waals surface area contributed by atoms with Gasteiger partial charge in [0, 0.05) is 0 Å². The molecule has 0 aromatic rings. The first-order valence-electron chi connectivity index (χ1n) is 7.71. The van der Waals surface area contributed by atoms with Gasteiger partial charge in [-0.05, 0) is 12.3 Å². The Morgan fingerprint density at radius 1 is 0.900 bits per heavy atom. The fraction of sp³-hybridized carbons (Fsp3) is 1.00. The van der Waals surface area contributed by atoms with Gasteiger partial charge in [-0.1, -0.05) is 82.0 Å². The Bertz CT molecular complexity index is 218. The summed E-state index contributed by atoms with van der Waals surface area (Å²) in [7, 11) is 0. The van der Waals surface area contributed by atoms with E-state index in [9.17, 15) is 0 Å². The molecule has 0 radical (unpaired) electrons. The summed E-state index contributed by atoms with van der Waals surface area (Å²) >= 11 is 18.0. The predicted molar refractivity (Wildman–Crippen MR) is 91.2 cm³/mol. The normalized spacial score (nSPS) is 17.7. The van der Waals surface area contributed by atoms with Gasteiger partial charge in [0.05, 0.1) is 5.50 Å². The van der Waals surface area contributed by atoms with Crippen LogP contribution < -0.4 is 16.4 Å². The molecule has 0 aliphatic rings. The van der Waals surface area contributed by atoms with Crippen LogP contribution in [0.15, 0.2) is 0 Å². The van der Waals surface area contributed by atoms with Crippen molar-refractivity contribution in [3.05, 3.63) is 0 Å². The number of unbranched alkanes of at least 4 members (excludes halogenated alkanes) is 5. The smallest absolute Gasteiger partial charge is 0.138 e. The van der Waals surface area contributed by atoms with Crippen LogP contribution in [0.5, 0.6) is 0 Å². The van der Waals surface area contributed by atoms with Crippen LogP contribution in [0, 0.1) is 5.92 Å². The minimum Gasteiger partial charge on any atom is -0.303 e. The average molecular weight is 347 g/mol. The van der Waals surface area contributed by atoms with Gasteiger partial charge in [0.2, 0.25) is 0 Å². The molecule has 4 N–H and O–H groups in total. The highest BCUT2D eigenvalue weighted by molar-refractivity contribution is 6.24. The van der Waals surface area contributed by atoms with Crippen molar-refractivity contribution in [3.8, 4) is 0 Å². The Kier molecular flexibility index (Phi) is 13.9. The van der Waals surface area contributed by atoms with Crippen molar-refractivity contribution in [1.82, 2.24) is 10.6 Å². The highest BCUT2D eigenvalue weighted by Crippen LogP contribution is 2.21. The minimum absolute atomic E-state index is 0.166. The molecule has 20 heavy (non-hydrogen) atoms. The van der Waals surface area contributed by atoms with Crippen LogP contribution in [-0.2, 0) is 0 Å². The molecule has 0 heterocycles. The van der Waals surface area contributed by atoms with E-state index in [1.165, 1.54) is 38.5 Å². The molecule has 4 atom stereocenters. The second-order valence-corrected chi connectivity index (χ2v) is 6.60. The van der Waals surface area contributed by atoms with Gasteiger partial charge in [-0.15, -0.1) is 11.6 Å². The Morgan fingerprint density at radius 3 is 2.05 bits per heavy atom. The molecule has 3 unspecified atom stereocenters. The molecule has 0 spiro atoms. The van der Waals surface area contributed by atoms with Crippen molar-refractivity contribution in [2.75, 3.05) is 0 Å². The lowest BCUT2D eigenvalue weighted by atomic mass is 9.97.